The van der Waals surface area contributed by atoms with Crippen molar-refractivity contribution < 1.29 is 0 Å². The van der Waals surface area contributed by atoms with Crippen molar-refractivity contribution in [2.24, 2.45) is 5.92 Å². The minimum atomic E-state index is 0.803. The third-order valence-corrected chi connectivity index (χ3v) is 2.07. The molecule has 1 unspecified atom stereocenters. The Kier molecular flexibility index (Phi) is 3.15. The van der Waals surface area contributed by atoms with Crippen molar-refractivity contribution in [3.05, 3.63) is 35.9 Å². The Hall–Kier alpha value is -0.780. The lowest BCUT2D eigenvalue weighted by Crippen LogP contribution is -1.96. The molecule has 1 aromatic carbocycles. The first kappa shape index (κ1) is 8.32. The first-order chi connectivity index (χ1) is 5.33. The fourth-order valence-electron chi connectivity index (χ4n) is 1.10. The highest BCUT2D eigenvalue weighted by Crippen LogP contribution is 2.09. The summed E-state index contributed by atoms with van der Waals surface area (Å²) in [4.78, 5) is 0. The zero-order valence-electron chi connectivity index (χ0n) is 7.30. The topological polar surface area (TPSA) is 0 Å². The van der Waals surface area contributed by atoms with Crippen LogP contribution in [0.3, 0.4) is 0 Å². The average Bonchev–Trinajstić information content (AvgIpc) is 2.06. The summed E-state index contributed by atoms with van der Waals surface area (Å²) < 4.78 is 0. The zero-order valence-corrected chi connectivity index (χ0v) is 7.30. The van der Waals surface area contributed by atoms with E-state index in [1.807, 2.05) is 12.1 Å². The molecule has 0 bridgehead atoms. The minimum Gasteiger partial charge on any atom is -0.0651 e. The van der Waals surface area contributed by atoms with E-state index in [1.165, 1.54) is 18.4 Å². The van der Waals surface area contributed by atoms with Crippen LogP contribution in [-0.4, -0.2) is 0 Å². The molecule has 1 atom stereocenters. The zero-order chi connectivity index (χ0) is 8.10. The number of hydrogen-bond donors (Lipinski definition) is 0. The molecule has 0 aliphatic rings. The number of hydrogen-bond acceptors (Lipinski definition) is 0. The second-order valence-electron chi connectivity index (χ2n) is 3.13. The van der Waals surface area contributed by atoms with Gasteiger partial charge in [-0.3, -0.25) is 0 Å². The van der Waals surface area contributed by atoms with E-state index in [2.05, 4.69) is 32.0 Å². The van der Waals surface area contributed by atoms with E-state index in [0.717, 1.165) is 5.92 Å². The maximum Gasteiger partial charge on any atom is -0.0184 e. The Labute approximate surface area is 69.3 Å². The molecule has 0 saturated carbocycles. The van der Waals surface area contributed by atoms with Gasteiger partial charge in [0.05, 0.1) is 0 Å². The predicted molar refractivity (Wildman–Crippen MR) is 48.4 cm³/mol. The van der Waals surface area contributed by atoms with Crippen molar-refractivity contribution >= 4 is 0 Å². The summed E-state index contributed by atoms with van der Waals surface area (Å²) in [5, 5.41) is 0. The van der Waals surface area contributed by atoms with Gasteiger partial charge in [0.1, 0.15) is 0 Å². The van der Waals surface area contributed by atoms with Crippen LogP contribution in [-0.2, 0) is 6.42 Å². The molecule has 0 heteroatoms. The van der Waals surface area contributed by atoms with Crippen LogP contribution in [0.1, 0.15) is 25.8 Å². The Morgan fingerprint density at radius 1 is 1.36 bits per heavy atom. The molecule has 0 nitrogen and oxygen atoms in total. The van der Waals surface area contributed by atoms with E-state index in [4.69, 9.17) is 0 Å². The lowest BCUT2D eigenvalue weighted by Gasteiger charge is -2.06. The van der Waals surface area contributed by atoms with E-state index >= 15 is 0 Å². The van der Waals surface area contributed by atoms with Gasteiger partial charge in [-0.1, -0.05) is 44.5 Å². The van der Waals surface area contributed by atoms with Crippen LogP contribution in [0.2, 0.25) is 0 Å². The van der Waals surface area contributed by atoms with E-state index < -0.39 is 0 Å². The molecule has 0 aromatic heterocycles. The maximum absolute atomic E-state index is 3.02. The van der Waals surface area contributed by atoms with Crippen molar-refractivity contribution in [2.75, 3.05) is 0 Å². The van der Waals surface area contributed by atoms with Gasteiger partial charge >= 0.3 is 0 Å². The molecule has 0 saturated heterocycles. The largest absolute Gasteiger partial charge is 0.0651 e. The van der Waals surface area contributed by atoms with Gasteiger partial charge in [-0.05, 0) is 24.0 Å². The SMILES string of the molecule is CCC(C)Cc1cc[c]cc1. The van der Waals surface area contributed by atoms with Gasteiger partial charge < -0.3 is 0 Å². The number of rotatable bonds is 3. The number of benzene rings is 1. The Balaban J connectivity index is 2.51. The highest BCUT2D eigenvalue weighted by molar-refractivity contribution is 5.14. The van der Waals surface area contributed by atoms with Crippen molar-refractivity contribution in [2.45, 2.75) is 26.7 Å². The van der Waals surface area contributed by atoms with Gasteiger partial charge in [-0.25, -0.2) is 0 Å². The summed E-state index contributed by atoms with van der Waals surface area (Å²) in [6.07, 6.45) is 2.46. The average molecular weight is 147 g/mol. The van der Waals surface area contributed by atoms with Crippen LogP contribution in [0, 0.1) is 12.0 Å². The first-order valence-electron chi connectivity index (χ1n) is 4.28. The monoisotopic (exact) mass is 147 g/mol. The maximum atomic E-state index is 3.02. The highest BCUT2D eigenvalue weighted by Gasteiger charge is 1.98. The third-order valence-electron chi connectivity index (χ3n) is 2.07. The molecule has 0 fully saturated rings. The van der Waals surface area contributed by atoms with Crippen LogP contribution in [0.25, 0.3) is 0 Å². The lowest BCUT2D eigenvalue weighted by molar-refractivity contribution is 0.560. The molecule has 1 radical (unpaired) electrons. The summed E-state index contributed by atoms with van der Waals surface area (Å²) in [5.74, 6) is 0.803. The van der Waals surface area contributed by atoms with Crippen LogP contribution in [0.4, 0.5) is 0 Å². The van der Waals surface area contributed by atoms with Crippen LogP contribution >= 0.6 is 0 Å². The van der Waals surface area contributed by atoms with Gasteiger partial charge in [-0.2, -0.15) is 0 Å². The fourth-order valence-corrected chi connectivity index (χ4v) is 1.10. The molecule has 1 rings (SSSR count). The van der Waals surface area contributed by atoms with Gasteiger partial charge in [0.15, 0.2) is 0 Å². The summed E-state index contributed by atoms with van der Waals surface area (Å²) in [7, 11) is 0. The minimum absolute atomic E-state index is 0.803. The first-order valence-corrected chi connectivity index (χ1v) is 4.28. The van der Waals surface area contributed by atoms with Crippen LogP contribution in [0.15, 0.2) is 24.3 Å². The smallest absolute Gasteiger partial charge is 0.0184 e. The van der Waals surface area contributed by atoms with Crippen molar-refractivity contribution in [1.29, 1.82) is 0 Å². The molecular formula is C11H15. The second-order valence-corrected chi connectivity index (χ2v) is 3.13. The van der Waals surface area contributed by atoms with E-state index in [0.29, 0.717) is 0 Å². The third kappa shape index (κ3) is 2.75. The quantitative estimate of drug-likeness (QED) is 0.616. The molecule has 0 heterocycles. The summed E-state index contributed by atoms with van der Waals surface area (Å²) >= 11 is 0. The van der Waals surface area contributed by atoms with E-state index in [1.54, 1.807) is 0 Å². The highest BCUT2D eigenvalue weighted by atomic mass is 14.0. The van der Waals surface area contributed by atoms with Gasteiger partial charge in [0.2, 0.25) is 0 Å². The van der Waals surface area contributed by atoms with Crippen LogP contribution in [0.5, 0.6) is 0 Å². The van der Waals surface area contributed by atoms with Crippen LogP contribution < -0.4 is 0 Å². The fraction of sp³-hybridized carbons (Fsp3) is 0.455. The standard InChI is InChI=1S/C11H15/c1-3-10(2)9-11-7-5-4-6-8-11/h5-8,10H,3,9H2,1-2H3. The van der Waals surface area contributed by atoms with Crippen molar-refractivity contribution in [1.82, 2.24) is 0 Å². The molecule has 0 N–H and O–H groups in total. The Morgan fingerprint density at radius 3 is 2.55 bits per heavy atom. The Bertz CT molecular complexity index is 188. The normalized spacial score (nSPS) is 12.9. The summed E-state index contributed by atoms with van der Waals surface area (Å²) in [5.41, 5.74) is 1.43. The van der Waals surface area contributed by atoms with Gasteiger partial charge in [-0.15, -0.1) is 0 Å². The molecule has 0 aliphatic heterocycles. The van der Waals surface area contributed by atoms with Gasteiger partial charge in [0.25, 0.3) is 0 Å². The predicted octanol–water partition coefficient (Wildman–Crippen LogP) is 3.08. The van der Waals surface area contributed by atoms with Crippen molar-refractivity contribution in [3.8, 4) is 0 Å². The van der Waals surface area contributed by atoms with Gasteiger partial charge in [0, 0.05) is 0 Å². The molecule has 0 spiro atoms. The summed E-state index contributed by atoms with van der Waals surface area (Å²) in [6.45, 7) is 4.52. The molecule has 11 heavy (non-hydrogen) atoms. The lowest BCUT2D eigenvalue weighted by atomic mass is 9.99. The van der Waals surface area contributed by atoms with E-state index in [-0.39, 0.29) is 0 Å². The summed E-state index contributed by atoms with van der Waals surface area (Å²) in [6, 6.07) is 11.3. The molecular weight excluding hydrogens is 132 g/mol. The molecule has 0 aliphatic carbocycles. The van der Waals surface area contributed by atoms with E-state index in [9.17, 15) is 0 Å². The Morgan fingerprint density at radius 2 is 2.00 bits per heavy atom. The molecule has 1 aromatic rings. The molecule has 59 valence electrons. The van der Waals surface area contributed by atoms with Crippen molar-refractivity contribution in [3.63, 3.8) is 0 Å². The second kappa shape index (κ2) is 4.17. The molecule has 0 amide bonds.